The molecule has 0 saturated carbocycles. The SMILES string of the molecule is C=CCc1cccc(C)c1OC(=O)N(Cc1cc(OC)ccc1OC)c1ccnc(Nc2cc(OC)c(OC)c(OCCCN3CCN(C)CC3)c2)n1. The number of aromatic nitrogens is 2. The van der Waals surface area contributed by atoms with Gasteiger partial charge < -0.3 is 43.5 Å². The highest BCUT2D eigenvalue weighted by Gasteiger charge is 2.25. The van der Waals surface area contributed by atoms with Crippen molar-refractivity contribution >= 4 is 23.5 Å². The number of hydrogen-bond acceptors (Lipinski definition) is 12. The van der Waals surface area contributed by atoms with E-state index in [1.807, 2.05) is 37.3 Å². The van der Waals surface area contributed by atoms with Gasteiger partial charge in [0.2, 0.25) is 11.7 Å². The molecule has 282 valence electrons. The molecule has 0 atom stereocenters. The first-order valence-electron chi connectivity index (χ1n) is 17.6. The zero-order valence-electron chi connectivity index (χ0n) is 31.5. The van der Waals surface area contributed by atoms with Gasteiger partial charge in [-0.3, -0.25) is 4.90 Å². The van der Waals surface area contributed by atoms with Crippen molar-refractivity contribution in [3.05, 3.63) is 90.1 Å². The summed E-state index contributed by atoms with van der Waals surface area (Å²) in [5.41, 5.74) is 2.93. The summed E-state index contributed by atoms with van der Waals surface area (Å²) < 4.78 is 34.8. The Bertz CT molecular complexity index is 1850. The second-order valence-electron chi connectivity index (χ2n) is 12.6. The lowest BCUT2D eigenvalue weighted by Gasteiger charge is -2.32. The number of likely N-dealkylation sites (N-methyl/N-ethyl adjacent to an activating group) is 1. The van der Waals surface area contributed by atoms with Gasteiger partial charge in [-0.25, -0.2) is 9.78 Å². The molecule has 1 aromatic heterocycles. The fraction of sp³-hybridized carbons (Fsp3) is 0.375. The molecule has 5 rings (SSSR count). The molecule has 0 radical (unpaired) electrons. The van der Waals surface area contributed by atoms with Crippen molar-refractivity contribution in [2.24, 2.45) is 0 Å². The number of carbonyl (C=O) groups is 1. The third-order valence-corrected chi connectivity index (χ3v) is 8.97. The Hall–Kier alpha value is -5.53. The number of aryl methyl sites for hydroxylation is 1. The normalized spacial score (nSPS) is 13.2. The largest absolute Gasteiger partial charge is 0.497 e. The molecule has 0 spiro atoms. The smallest absolute Gasteiger partial charge is 0.421 e. The summed E-state index contributed by atoms with van der Waals surface area (Å²) in [7, 11) is 8.46. The lowest BCUT2D eigenvalue weighted by Crippen LogP contribution is -2.44. The number of methoxy groups -OCH3 is 4. The minimum atomic E-state index is -0.641. The number of rotatable bonds is 17. The monoisotopic (exact) mass is 726 g/mol. The maximum atomic E-state index is 14.2. The van der Waals surface area contributed by atoms with Gasteiger partial charge in [-0.2, -0.15) is 4.98 Å². The molecule has 1 N–H and O–H groups in total. The number of anilines is 3. The van der Waals surface area contributed by atoms with Crippen LogP contribution in [0.3, 0.4) is 0 Å². The second kappa shape index (κ2) is 18.8. The van der Waals surface area contributed by atoms with Crippen LogP contribution < -0.4 is 38.6 Å². The first kappa shape index (κ1) is 38.7. The van der Waals surface area contributed by atoms with Crippen LogP contribution >= 0.6 is 0 Å². The summed E-state index contributed by atoms with van der Waals surface area (Å²) in [6, 6.07) is 16.4. The Morgan fingerprint density at radius 2 is 1.68 bits per heavy atom. The van der Waals surface area contributed by atoms with Crippen molar-refractivity contribution < 1.29 is 33.2 Å². The molecule has 1 amide bonds. The molecular weight excluding hydrogens is 676 g/mol. The van der Waals surface area contributed by atoms with E-state index in [0.717, 1.165) is 50.3 Å². The third kappa shape index (κ3) is 10.1. The Labute approximate surface area is 312 Å². The zero-order chi connectivity index (χ0) is 37.7. The number of nitrogens with one attached hydrogen (secondary N) is 1. The maximum absolute atomic E-state index is 14.2. The number of nitrogens with zero attached hydrogens (tertiary/aromatic N) is 5. The van der Waals surface area contributed by atoms with Crippen molar-refractivity contribution in [2.45, 2.75) is 26.3 Å². The topological polar surface area (TPSA) is 120 Å². The summed E-state index contributed by atoms with van der Waals surface area (Å²) in [5, 5.41) is 3.25. The first-order valence-corrected chi connectivity index (χ1v) is 17.6. The predicted octanol–water partition coefficient (Wildman–Crippen LogP) is 6.51. The van der Waals surface area contributed by atoms with Gasteiger partial charge in [0, 0.05) is 62.3 Å². The highest BCUT2D eigenvalue weighted by atomic mass is 16.6. The van der Waals surface area contributed by atoms with E-state index in [2.05, 4.69) is 33.7 Å². The van der Waals surface area contributed by atoms with E-state index >= 15 is 0 Å². The second-order valence-corrected chi connectivity index (χ2v) is 12.6. The Kier molecular flexibility index (Phi) is 13.7. The van der Waals surface area contributed by atoms with E-state index in [1.54, 1.807) is 65.0 Å². The fourth-order valence-electron chi connectivity index (χ4n) is 6.07. The molecule has 1 aliphatic rings. The predicted molar refractivity (Wildman–Crippen MR) is 206 cm³/mol. The van der Waals surface area contributed by atoms with Crippen LogP contribution in [0.5, 0.6) is 34.5 Å². The van der Waals surface area contributed by atoms with E-state index in [9.17, 15) is 4.79 Å². The molecule has 2 heterocycles. The Morgan fingerprint density at radius 1 is 0.906 bits per heavy atom. The highest BCUT2D eigenvalue weighted by Crippen LogP contribution is 2.41. The lowest BCUT2D eigenvalue weighted by atomic mass is 10.1. The standard InChI is InChI=1S/C40H50N6O7/c1-8-11-29-13-9-12-28(2)37(29)53-40(47)46(27-30-24-32(48-4)14-15-33(30)49-5)36-16-17-41-39(43-36)42-31-25-34(50-6)38(51-7)35(26-31)52-23-10-18-45-21-19-44(3)20-22-45/h8-9,12-17,24-26H,1,10-11,18-23,27H2,2-7H3,(H,41,42,43). The molecule has 13 heteroatoms. The van der Waals surface area contributed by atoms with Gasteiger partial charge in [0.1, 0.15) is 23.1 Å². The van der Waals surface area contributed by atoms with Crippen LogP contribution in [0.25, 0.3) is 0 Å². The number of allylic oxidation sites excluding steroid dienone is 1. The van der Waals surface area contributed by atoms with Gasteiger partial charge in [0.25, 0.3) is 0 Å². The van der Waals surface area contributed by atoms with Crippen molar-refractivity contribution in [2.75, 3.05) is 85.0 Å². The number of piperazine rings is 1. The van der Waals surface area contributed by atoms with Crippen molar-refractivity contribution in [1.82, 2.24) is 19.8 Å². The number of para-hydroxylation sites is 1. The minimum Gasteiger partial charge on any atom is -0.497 e. The summed E-state index contributed by atoms with van der Waals surface area (Å²) in [6.45, 7) is 11.5. The Morgan fingerprint density at radius 3 is 2.40 bits per heavy atom. The highest BCUT2D eigenvalue weighted by molar-refractivity contribution is 5.88. The van der Waals surface area contributed by atoms with Crippen molar-refractivity contribution in [3.63, 3.8) is 0 Å². The summed E-state index contributed by atoms with van der Waals surface area (Å²) >= 11 is 0. The average molecular weight is 727 g/mol. The Balaban J connectivity index is 1.42. The van der Waals surface area contributed by atoms with Crippen molar-refractivity contribution in [1.29, 1.82) is 0 Å². The maximum Gasteiger partial charge on any atom is 0.421 e. The van der Waals surface area contributed by atoms with E-state index < -0.39 is 6.09 Å². The molecule has 0 bridgehead atoms. The van der Waals surface area contributed by atoms with E-state index in [1.165, 1.54) is 4.90 Å². The molecule has 0 aliphatic carbocycles. The molecule has 0 unspecified atom stereocenters. The number of ether oxygens (including phenoxy) is 6. The molecule has 53 heavy (non-hydrogen) atoms. The van der Waals surface area contributed by atoms with Crippen LogP contribution in [0.1, 0.15) is 23.1 Å². The number of amides is 1. The minimum absolute atomic E-state index is 0.0564. The summed E-state index contributed by atoms with van der Waals surface area (Å²) in [4.78, 5) is 29.6. The summed E-state index contributed by atoms with van der Waals surface area (Å²) in [6.07, 6.45) is 4.09. The summed E-state index contributed by atoms with van der Waals surface area (Å²) in [5.74, 6) is 3.65. The third-order valence-electron chi connectivity index (χ3n) is 8.97. The van der Waals surface area contributed by atoms with Crippen molar-refractivity contribution in [3.8, 4) is 34.5 Å². The van der Waals surface area contributed by atoms with Gasteiger partial charge in [-0.1, -0.05) is 24.3 Å². The van der Waals surface area contributed by atoms with Gasteiger partial charge in [0.15, 0.2) is 11.5 Å². The fourth-order valence-corrected chi connectivity index (χ4v) is 6.07. The zero-order valence-corrected chi connectivity index (χ0v) is 31.5. The van der Waals surface area contributed by atoms with Crippen LogP contribution in [0.4, 0.5) is 22.2 Å². The van der Waals surface area contributed by atoms with Crippen LogP contribution in [0.15, 0.2) is 73.4 Å². The van der Waals surface area contributed by atoms with Gasteiger partial charge in [-0.15, -0.1) is 6.58 Å². The molecule has 13 nitrogen and oxygen atoms in total. The first-order chi connectivity index (χ1) is 25.8. The molecular formula is C40H50N6O7. The van der Waals surface area contributed by atoms with Gasteiger partial charge >= 0.3 is 6.09 Å². The molecule has 4 aromatic rings. The quantitative estimate of drug-likeness (QED) is 0.0944. The van der Waals surface area contributed by atoms with Crippen LogP contribution in [-0.4, -0.2) is 101 Å². The molecule has 1 aliphatic heterocycles. The number of hydrogen-bond donors (Lipinski definition) is 1. The van der Waals surface area contributed by atoms with Gasteiger partial charge in [0.05, 0.1) is 41.6 Å². The number of carbonyl (C=O) groups excluding carboxylic acids is 1. The van der Waals surface area contributed by atoms with Crippen LogP contribution in [0.2, 0.25) is 0 Å². The average Bonchev–Trinajstić information content (AvgIpc) is 3.17. The molecule has 3 aromatic carbocycles. The van der Waals surface area contributed by atoms with E-state index in [-0.39, 0.29) is 18.3 Å². The molecule has 1 saturated heterocycles. The van der Waals surface area contributed by atoms with E-state index in [4.69, 9.17) is 33.4 Å². The number of benzene rings is 3. The lowest BCUT2D eigenvalue weighted by molar-refractivity contribution is 0.145. The van der Waals surface area contributed by atoms with Gasteiger partial charge in [-0.05, 0) is 62.2 Å². The van der Waals surface area contributed by atoms with Crippen LogP contribution in [-0.2, 0) is 13.0 Å². The van der Waals surface area contributed by atoms with E-state index in [0.29, 0.717) is 58.8 Å². The van der Waals surface area contributed by atoms with Crippen LogP contribution in [0, 0.1) is 6.92 Å². The molecule has 1 fully saturated rings.